The molecule has 178 valence electrons. The molecule has 0 bridgehead atoms. The van der Waals surface area contributed by atoms with Crippen molar-refractivity contribution in [2.45, 2.75) is 64.2 Å². The molecule has 0 unspecified atom stereocenters. The summed E-state index contributed by atoms with van der Waals surface area (Å²) in [6, 6.07) is 12.7. The molecule has 1 aliphatic carbocycles. The highest BCUT2D eigenvalue weighted by Crippen LogP contribution is 2.39. The topological polar surface area (TPSA) is 0 Å². The zero-order chi connectivity index (χ0) is 24.1. The maximum absolute atomic E-state index is 15.1. The third-order valence-electron chi connectivity index (χ3n) is 7.34. The van der Waals surface area contributed by atoms with Gasteiger partial charge in [0.1, 0.15) is 5.82 Å². The number of halogens is 3. The Balaban J connectivity index is 1.56. The van der Waals surface area contributed by atoms with Gasteiger partial charge in [0.15, 0.2) is 11.6 Å². The minimum absolute atomic E-state index is 0.172. The Kier molecular flexibility index (Phi) is 7.92. The molecule has 0 radical (unpaired) electrons. The molecule has 4 rings (SSSR count). The summed E-state index contributed by atoms with van der Waals surface area (Å²) in [5.41, 5.74) is 2.44. The quantitative estimate of drug-likeness (QED) is 0.292. The van der Waals surface area contributed by atoms with Crippen LogP contribution in [-0.4, -0.2) is 0 Å². The molecular weight excluding hydrogens is 429 g/mol. The largest absolute Gasteiger partial charge is 0.206 e. The first-order valence-corrected chi connectivity index (χ1v) is 12.4. The van der Waals surface area contributed by atoms with E-state index in [9.17, 15) is 4.39 Å². The number of aryl methyl sites for hydroxylation is 1. The number of hydrogen-bond acceptors (Lipinski definition) is 0. The molecule has 0 aliphatic heterocycles. The molecular formula is C31H33F3. The van der Waals surface area contributed by atoms with E-state index in [-0.39, 0.29) is 10.9 Å². The number of fused-ring (bicyclic) bond motifs is 1. The lowest BCUT2D eigenvalue weighted by atomic mass is 9.77. The van der Waals surface area contributed by atoms with Crippen LogP contribution in [0, 0.1) is 23.4 Å². The van der Waals surface area contributed by atoms with Crippen molar-refractivity contribution in [2.24, 2.45) is 5.92 Å². The van der Waals surface area contributed by atoms with Crippen molar-refractivity contribution in [1.29, 1.82) is 0 Å². The first kappa shape index (κ1) is 24.3. The number of allylic oxidation sites excluding steroid dienone is 3. The van der Waals surface area contributed by atoms with Crippen molar-refractivity contribution < 1.29 is 13.2 Å². The smallest absolute Gasteiger partial charge is 0.170 e. The van der Waals surface area contributed by atoms with E-state index in [4.69, 9.17) is 0 Å². The van der Waals surface area contributed by atoms with Crippen LogP contribution in [0.2, 0.25) is 0 Å². The third-order valence-corrected chi connectivity index (χ3v) is 7.34. The first-order valence-electron chi connectivity index (χ1n) is 12.4. The molecule has 3 aromatic carbocycles. The summed E-state index contributed by atoms with van der Waals surface area (Å²) in [5, 5.41) is 0.118. The standard InChI is InChI=1S/C31H33F3/c1-3-5-7-9-25-18-19-26-20-27(30(33)31(34)28(26)29(25)32)24-16-14-23(15-17-24)22-12-10-21(11-13-22)8-6-4-2/h3-5,14-22H,2,6-13H2,1H3/b5-3+. The maximum Gasteiger partial charge on any atom is 0.170 e. The Labute approximate surface area is 201 Å². The van der Waals surface area contributed by atoms with E-state index in [1.54, 1.807) is 18.2 Å². The van der Waals surface area contributed by atoms with Crippen molar-refractivity contribution in [3.05, 3.63) is 95.9 Å². The number of hydrogen-bond donors (Lipinski definition) is 0. The van der Waals surface area contributed by atoms with Gasteiger partial charge in [0.2, 0.25) is 0 Å². The molecule has 0 spiro atoms. The van der Waals surface area contributed by atoms with E-state index < -0.39 is 17.5 Å². The SMILES string of the molecule is C=CCCC1CCC(c2ccc(-c3cc4ccc(CC/C=C/C)c(F)c4c(F)c3F)cc2)CC1. The van der Waals surface area contributed by atoms with Gasteiger partial charge in [-0.05, 0) is 98.3 Å². The number of rotatable bonds is 8. The van der Waals surface area contributed by atoms with Crippen molar-refractivity contribution >= 4 is 10.8 Å². The molecule has 1 saturated carbocycles. The second kappa shape index (κ2) is 11.1. The molecule has 0 nitrogen and oxygen atoms in total. The lowest BCUT2D eigenvalue weighted by Crippen LogP contribution is -2.13. The van der Waals surface area contributed by atoms with Crippen LogP contribution < -0.4 is 0 Å². The second-order valence-electron chi connectivity index (χ2n) is 9.50. The van der Waals surface area contributed by atoms with E-state index in [1.807, 2.05) is 49.4 Å². The van der Waals surface area contributed by atoms with Crippen LogP contribution >= 0.6 is 0 Å². The summed E-state index contributed by atoms with van der Waals surface area (Å²) in [4.78, 5) is 0. The molecule has 0 aromatic heterocycles. The van der Waals surface area contributed by atoms with Crippen LogP contribution in [-0.2, 0) is 6.42 Å². The van der Waals surface area contributed by atoms with Gasteiger partial charge in [0.25, 0.3) is 0 Å². The Bertz CT molecular complexity index is 1170. The molecule has 0 amide bonds. The van der Waals surface area contributed by atoms with Crippen molar-refractivity contribution in [3.63, 3.8) is 0 Å². The van der Waals surface area contributed by atoms with Gasteiger partial charge in [-0.3, -0.25) is 0 Å². The molecule has 0 N–H and O–H groups in total. The molecule has 1 fully saturated rings. The van der Waals surface area contributed by atoms with E-state index in [1.165, 1.54) is 24.8 Å². The predicted octanol–water partition coefficient (Wildman–Crippen LogP) is 9.67. The monoisotopic (exact) mass is 462 g/mol. The minimum atomic E-state index is -1.11. The van der Waals surface area contributed by atoms with Crippen LogP contribution in [0.1, 0.15) is 68.9 Å². The molecule has 3 heteroatoms. The van der Waals surface area contributed by atoms with Crippen molar-refractivity contribution in [1.82, 2.24) is 0 Å². The van der Waals surface area contributed by atoms with Gasteiger partial charge in [-0.2, -0.15) is 0 Å². The number of benzene rings is 3. The van der Waals surface area contributed by atoms with E-state index in [0.717, 1.165) is 25.2 Å². The maximum atomic E-state index is 15.1. The third kappa shape index (κ3) is 5.14. The van der Waals surface area contributed by atoms with Gasteiger partial charge in [-0.1, -0.05) is 54.6 Å². The average Bonchev–Trinajstić information content (AvgIpc) is 2.86. The highest BCUT2D eigenvalue weighted by molar-refractivity contribution is 5.89. The Morgan fingerprint density at radius 2 is 1.62 bits per heavy atom. The summed E-state index contributed by atoms with van der Waals surface area (Å²) in [5.74, 6) is -1.47. The summed E-state index contributed by atoms with van der Waals surface area (Å²) in [7, 11) is 0. The second-order valence-corrected chi connectivity index (χ2v) is 9.50. The molecule has 0 atom stereocenters. The van der Waals surface area contributed by atoms with Gasteiger partial charge in [0, 0.05) is 5.56 Å². The van der Waals surface area contributed by atoms with E-state index >= 15 is 8.78 Å². The fourth-order valence-corrected chi connectivity index (χ4v) is 5.31. The predicted molar refractivity (Wildman–Crippen MR) is 137 cm³/mol. The van der Waals surface area contributed by atoms with Gasteiger partial charge in [0.05, 0.1) is 5.39 Å². The zero-order valence-corrected chi connectivity index (χ0v) is 19.9. The van der Waals surface area contributed by atoms with Crippen molar-refractivity contribution in [3.8, 4) is 11.1 Å². The summed E-state index contributed by atoms with van der Waals surface area (Å²) < 4.78 is 45.1. The molecule has 1 aliphatic rings. The van der Waals surface area contributed by atoms with Crippen LogP contribution in [0.15, 0.2) is 67.3 Å². The fourth-order valence-electron chi connectivity index (χ4n) is 5.31. The van der Waals surface area contributed by atoms with E-state index in [0.29, 0.717) is 35.3 Å². The fraction of sp³-hybridized carbons (Fsp3) is 0.355. The van der Waals surface area contributed by atoms with Gasteiger partial charge < -0.3 is 0 Å². The summed E-state index contributed by atoms with van der Waals surface area (Å²) >= 11 is 0. The van der Waals surface area contributed by atoms with E-state index in [2.05, 4.69) is 6.58 Å². The lowest BCUT2D eigenvalue weighted by Gasteiger charge is -2.28. The Hall–Kier alpha value is -2.81. The summed E-state index contributed by atoms with van der Waals surface area (Å²) in [6.45, 7) is 5.72. The normalized spacial score (nSPS) is 18.6. The summed E-state index contributed by atoms with van der Waals surface area (Å²) in [6.07, 6.45) is 14.0. The first-order chi connectivity index (χ1) is 16.5. The molecule has 0 saturated heterocycles. The minimum Gasteiger partial charge on any atom is -0.206 e. The lowest BCUT2D eigenvalue weighted by molar-refractivity contribution is 0.312. The van der Waals surface area contributed by atoms with Gasteiger partial charge >= 0.3 is 0 Å². The highest BCUT2D eigenvalue weighted by atomic mass is 19.2. The van der Waals surface area contributed by atoms with Gasteiger partial charge in [-0.25, -0.2) is 13.2 Å². The van der Waals surface area contributed by atoms with Gasteiger partial charge in [-0.15, -0.1) is 6.58 Å². The van der Waals surface area contributed by atoms with Crippen LogP contribution in [0.5, 0.6) is 0 Å². The Morgan fingerprint density at radius 3 is 2.29 bits per heavy atom. The zero-order valence-electron chi connectivity index (χ0n) is 19.9. The average molecular weight is 463 g/mol. The highest BCUT2D eigenvalue weighted by Gasteiger charge is 2.23. The van der Waals surface area contributed by atoms with Crippen LogP contribution in [0.3, 0.4) is 0 Å². The Morgan fingerprint density at radius 1 is 0.882 bits per heavy atom. The molecule has 34 heavy (non-hydrogen) atoms. The van der Waals surface area contributed by atoms with Crippen LogP contribution in [0.25, 0.3) is 21.9 Å². The van der Waals surface area contributed by atoms with Crippen LogP contribution in [0.4, 0.5) is 13.2 Å². The molecule has 3 aromatic rings. The molecule has 0 heterocycles. The van der Waals surface area contributed by atoms with Crippen molar-refractivity contribution in [2.75, 3.05) is 0 Å².